The van der Waals surface area contributed by atoms with E-state index >= 15 is 0 Å². The van der Waals surface area contributed by atoms with Gasteiger partial charge in [-0.3, -0.25) is 4.79 Å². The topological polar surface area (TPSA) is 41.6 Å². The highest BCUT2D eigenvalue weighted by Gasteiger charge is 2.41. The van der Waals surface area contributed by atoms with Crippen LogP contribution in [-0.4, -0.2) is 50.2 Å². The second kappa shape index (κ2) is 9.45. The number of hydrogen-bond donors (Lipinski definition) is 1. The van der Waals surface area contributed by atoms with Gasteiger partial charge < -0.3 is 15.0 Å². The normalized spacial score (nSPS) is 19.8. The SMILES string of the molecule is CN1CCC(NC(=O)C2(Cc3cccc(-c4cc(F)ccc4F)c3)CCOCC2)CC1. The number of rotatable bonds is 5. The third kappa shape index (κ3) is 5.13. The molecule has 0 spiro atoms. The first kappa shape index (κ1) is 21.9. The van der Waals surface area contributed by atoms with Crippen LogP contribution in [0.2, 0.25) is 0 Å². The average Bonchev–Trinajstić information content (AvgIpc) is 2.78. The smallest absolute Gasteiger partial charge is 0.226 e. The Morgan fingerprint density at radius 1 is 1.13 bits per heavy atom. The fourth-order valence-electron chi connectivity index (χ4n) is 4.70. The van der Waals surface area contributed by atoms with Gasteiger partial charge in [-0.15, -0.1) is 0 Å². The Labute approximate surface area is 182 Å². The minimum atomic E-state index is -0.541. The van der Waals surface area contributed by atoms with Gasteiger partial charge in [0.2, 0.25) is 5.91 Å². The van der Waals surface area contributed by atoms with Crippen molar-refractivity contribution in [2.24, 2.45) is 5.41 Å². The summed E-state index contributed by atoms with van der Waals surface area (Å²) < 4.78 is 33.5. The zero-order chi connectivity index (χ0) is 21.8. The lowest BCUT2D eigenvalue weighted by atomic mass is 9.74. The third-order valence-electron chi connectivity index (χ3n) is 6.69. The third-order valence-corrected chi connectivity index (χ3v) is 6.69. The highest BCUT2D eigenvalue weighted by Crippen LogP contribution is 2.36. The molecule has 0 unspecified atom stereocenters. The molecule has 2 saturated heterocycles. The molecule has 2 aliphatic rings. The Kier molecular flexibility index (Phi) is 6.68. The van der Waals surface area contributed by atoms with Crippen LogP contribution >= 0.6 is 0 Å². The summed E-state index contributed by atoms with van der Waals surface area (Å²) in [6.07, 6.45) is 3.79. The Balaban J connectivity index is 1.55. The van der Waals surface area contributed by atoms with Crippen molar-refractivity contribution in [2.75, 3.05) is 33.4 Å². The van der Waals surface area contributed by atoms with Gasteiger partial charge in [0.25, 0.3) is 0 Å². The number of halogens is 2. The Morgan fingerprint density at radius 2 is 1.87 bits per heavy atom. The number of hydrogen-bond acceptors (Lipinski definition) is 3. The molecule has 2 aromatic rings. The number of nitrogens with one attached hydrogen (secondary N) is 1. The van der Waals surface area contributed by atoms with Gasteiger partial charge in [0, 0.05) is 24.8 Å². The van der Waals surface area contributed by atoms with Gasteiger partial charge >= 0.3 is 0 Å². The summed E-state index contributed by atoms with van der Waals surface area (Å²) in [6, 6.07) is 11.1. The van der Waals surface area contributed by atoms with Crippen LogP contribution in [-0.2, 0) is 16.0 Å². The monoisotopic (exact) mass is 428 g/mol. The molecule has 2 aromatic carbocycles. The number of carbonyl (C=O) groups excluding carboxylic acids is 1. The zero-order valence-electron chi connectivity index (χ0n) is 18.0. The van der Waals surface area contributed by atoms with E-state index in [1.54, 1.807) is 6.07 Å². The van der Waals surface area contributed by atoms with Crippen LogP contribution < -0.4 is 5.32 Å². The van der Waals surface area contributed by atoms with Crippen LogP contribution in [0.1, 0.15) is 31.2 Å². The van der Waals surface area contributed by atoms with Gasteiger partial charge in [0.1, 0.15) is 11.6 Å². The first-order valence-corrected chi connectivity index (χ1v) is 11.1. The van der Waals surface area contributed by atoms with E-state index in [0.717, 1.165) is 43.6 Å². The summed E-state index contributed by atoms with van der Waals surface area (Å²) in [5.74, 6) is -0.841. The number of likely N-dealkylation sites (tertiary alicyclic amines) is 1. The molecule has 4 nitrogen and oxygen atoms in total. The van der Waals surface area contributed by atoms with Crippen molar-refractivity contribution >= 4 is 5.91 Å². The average molecular weight is 429 g/mol. The molecule has 1 N–H and O–H groups in total. The minimum absolute atomic E-state index is 0.0905. The van der Waals surface area contributed by atoms with E-state index in [1.807, 2.05) is 18.2 Å². The van der Waals surface area contributed by atoms with E-state index in [2.05, 4.69) is 17.3 Å². The Bertz CT molecular complexity index is 919. The van der Waals surface area contributed by atoms with E-state index < -0.39 is 17.0 Å². The summed E-state index contributed by atoms with van der Waals surface area (Å²) in [7, 11) is 2.10. The standard InChI is InChI=1S/C25H30F2N2O2/c1-29-11-7-21(8-12-29)28-24(30)25(9-13-31-14-10-25)17-18-3-2-4-19(15-18)22-16-20(26)5-6-23(22)27/h2-6,15-16,21H,7-14,17H2,1H3,(H,28,30). The maximum absolute atomic E-state index is 14.3. The number of nitrogens with zero attached hydrogens (tertiary/aromatic N) is 1. The van der Waals surface area contributed by atoms with Crippen molar-refractivity contribution in [1.82, 2.24) is 10.2 Å². The van der Waals surface area contributed by atoms with Crippen molar-refractivity contribution in [2.45, 2.75) is 38.1 Å². The lowest BCUT2D eigenvalue weighted by molar-refractivity contribution is -0.137. The molecule has 2 fully saturated rings. The molecule has 2 aliphatic heterocycles. The molecule has 0 aromatic heterocycles. The lowest BCUT2D eigenvalue weighted by Crippen LogP contribution is -2.51. The van der Waals surface area contributed by atoms with Gasteiger partial charge in [0.15, 0.2) is 0 Å². The van der Waals surface area contributed by atoms with Gasteiger partial charge in [-0.2, -0.15) is 0 Å². The zero-order valence-corrected chi connectivity index (χ0v) is 18.0. The highest BCUT2D eigenvalue weighted by molar-refractivity contribution is 5.83. The molecule has 0 radical (unpaired) electrons. The predicted octanol–water partition coefficient (Wildman–Crippen LogP) is 4.18. The molecule has 0 bridgehead atoms. The second-order valence-electron chi connectivity index (χ2n) is 8.95. The van der Waals surface area contributed by atoms with Crippen molar-refractivity contribution in [3.05, 3.63) is 59.7 Å². The second-order valence-corrected chi connectivity index (χ2v) is 8.95. The molecular weight excluding hydrogens is 398 g/mol. The van der Waals surface area contributed by atoms with Gasteiger partial charge in [0.05, 0.1) is 5.41 Å². The van der Waals surface area contributed by atoms with Gasteiger partial charge in [-0.1, -0.05) is 24.3 Å². The molecule has 0 atom stereocenters. The predicted molar refractivity (Wildman–Crippen MR) is 117 cm³/mol. The molecular formula is C25H30F2N2O2. The summed E-state index contributed by atoms with van der Waals surface area (Å²) in [5.41, 5.74) is 1.26. The van der Waals surface area contributed by atoms with Crippen molar-refractivity contribution < 1.29 is 18.3 Å². The van der Waals surface area contributed by atoms with Crippen molar-refractivity contribution in [1.29, 1.82) is 0 Å². The summed E-state index contributed by atoms with van der Waals surface area (Å²) >= 11 is 0. The summed E-state index contributed by atoms with van der Waals surface area (Å²) in [6.45, 7) is 3.09. The van der Waals surface area contributed by atoms with Crippen LogP contribution in [0.25, 0.3) is 11.1 Å². The minimum Gasteiger partial charge on any atom is -0.381 e. The molecule has 1 amide bonds. The van der Waals surface area contributed by atoms with E-state index in [4.69, 9.17) is 4.74 Å². The van der Waals surface area contributed by atoms with E-state index in [9.17, 15) is 13.6 Å². The number of piperidine rings is 1. The molecule has 0 saturated carbocycles. The van der Waals surface area contributed by atoms with Crippen molar-refractivity contribution in [3.63, 3.8) is 0 Å². The molecule has 0 aliphatic carbocycles. The maximum atomic E-state index is 14.3. The van der Waals surface area contributed by atoms with Crippen LogP contribution in [0.5, 0.6) is 0 Å². The van der Waals surface area contributed by atoms with E-state index in [-0.39, 0.29) is 17.5 Å². The van der Waals surface area contributed by atoms with Crippen LogP contribution in [0, 0.1) is 17.0 Å². The first-order chi connectivity index (χ1) is 14.9. The fraction of sp³-hybridized carbons (Fsp3) is 0.480. The lowest BCUT2D eigenvalue weighted by Gasteiger charge is -2.38. The number of amides is 1. The van der Waals surface area contributed by atoms with Crippen molar-refractivity contribution in [3.8, 4) is 11.1 Å². The maximum Gasteiger partial charge on any atom is 0.226 e. The summed E-state index contributed by atoms with van der Waals surface area (Å²) in [4.78, 5) is 15.7. The molecule has 2 heterocycles. The fourth-order valence-corrected chi connectivity index (χ4v) is 4.70. The molecule has 6 heteroatoms. The number of benzene rings is 2. The van der Waals surface area contributed by atoms with Crippen LogP contribution in [0.15, 0.2) is 42.5 Å². The number of ether oxygens (including phenoxy) is 1. The van der Waals surface area contributed by atoms with Crippen LogP contribution in [0.3, 0.4) is 0 Å². The Hall–Kier alpha value is -2.31. The summed E-state index contributed by atoms with van der Waals surface area (Å²) in [5, 5.41) is 3.30. The molecule has 31 heavy (non-hydrogen) atoms. The van der Waals surface area contributed by atoms with E-state index in [1.165, 1.54) is 6.07 Å². The molecule has 4 rings (SSSR count). The first-order valence-electron chi connectivity index (χ1n) is 11.1. The Morgan fingerprint density at radius 3 is 2.61 bits per heavy atom. The largest absolute Gasteiger partial charge is 0.381 e. The van der Waals surface area contributed by atoms with Gasteiger partial charge in [-0.25, -0.2) is 8.78 Å². The van der Waals surface area contributed by atoms with Gasteiger partial charge in [-0.05, 0) is 81.6 Å². The quantitative estimate of drug-likeness (QED) is 0.777. The van der Waals surface area contributed by atoms with E-state index in [0.29, 0.717) is 38.0 Å². The van der Waals surface area contributed by atoms with Crippen LogP contribution in [0.4, 0.5) is 8.78 Å². The highest BCUT2D eigenvalue weighted by atomic mass is 19.1. The number of carbonyl (C=O) groups is 1. The molecule has 166 valence electrons.